The molecule has 0 aliphatic carbocycles. The number of ether oxygens (including phenoxy) is 1. The zero-order chi connectivity index (χ0) is 15.8. The van der Waals surface area contributed by atoms with Crippen molar-refractivity contribution in [3.8, 4) is 5.75 Å². The van der Waals surface area contributed by atoms with Crippen LogP contribution in [0, 0.1) is 0 Å². The molecule has 6 heteroatoms. The van der Waals surface area contributed by atoms with Gasteiger partial charge in [-0.1, -0.05) is 11.2 Å². The smallest absolute Gasteiger partial charge is 0.173 e. The molecule has 0 radical (unpaired) electrons. The van der Waals surface area contributed by atoms with Gasteiger partial charge in [0.2, 0.25) is 0 Å². The Labute approximate surface area is 126 Å². The van der Waals surface area contributed by atoms with Gasteiger partial charge >= 0.3 is 0 Å². The Morgan fingerprint density at radius 3 is 2.57 bits per heavy atom. The van der Waals surface area contributed by atoms with E-state index in [0.717, 1.165) is 31.6 Å². The van der Waals surface area contributed by atoms with Gasteiger partial charge in [-0.2, -0.15) is 0 Å². The lowest BCUT2D eigenvalue weighted by Gasteiger charge is -2.19. The second kappa shape index (κ2) is 8.49. The van der Waals surface area contributed by atoms with Gasteiger partial charge in [-0.3, -0.25) is 0 Å². The Morgan fingerprint density at radius 1 is 1.29 bits per heavy atom. The summed E-state index contributed by atoms with van der Waals surface area (Å²) in [5.41, 5.74) is 7.40. The molecule has 1 rings (SSSR count). The highest BCUT2D eigenvalue weighted by Crippen LogP contribution is 2.20. The van der Waals surface area contributed by atoms with E-state index in [-0.39, 0.29) is 5.84 Å². The van der Waals surface area contributed by atoms with Crippen LogP contribution in [-0.4, -0.2) is 62.2 Å². The molecule has 0 aliphatic heterocycles. The van der Waals surface area contributed by atoms with Crippen LogP contribution in [0.2, 0.25) is 0 Å². The molecular weight excluding hydrogens is 268 g/mol. The van der Waals surface area contributed by atoms with Crippen molar-refractivity contribution in [1.82, 2.24) is 9.80 Å². The summed E-state index contributed by atoms with van der Waals surface area (Å²) in [7, 11) is 7.80. The lowest BCUT2D eigenvalue weighted by atomic mass is 10.1. The van der Waals surface area contributed by atoms with E-state index in [1.807, 2.05) is 18.2 Å². The van der Waals surface area contributed by atoms with Crippen molar-refractivity contribution in [2.45, 2.75) is 13.0 Å². The van der Waals surface area contributed by atoms with Crippen molar-refractivity contribution >= 4 is 5.84 Å². The second-order valence-corrected chi connectivity index (χ2v) is 5.41. The van der Waals surface area contributed by atoms with E-state index in [9.17, 15) is 0 Å². The second-order valence-electron chi connectivity index (χ2n) is 5.41. The minimum Gasteiger partial charge on any atom is -0.496 e. The maximum Gasteiger partial charge on any atom is 0.173 e. The maximum absolute atomic E-state index is 8.84. The highest BCUT2D eigenvalue weighted by atomic mass is 16.5. The Hall–Kier alpha value is -1.79. The number of nitrogens with zero attached hydrogens (tertiary/aromatic N) is 3. The fraction of sp³-hybridized carbons (Fsp3) is 0.533. The molecule has 0 fully saturated rings. The minimum atomic E-state index is 0.0592. The van der Waals surface area contributed by atoms with Crippen molar-refractivity contribution in [2.75, 3.05) is 41.3 Å². The summed E-state index contributed by atoms with van der Waals surface area (Å²) in [6.45, 7) is 2.90. The number of rotatable bonds is 8. The van der Waals surface area contributed by atoms with Crippen LogP contribution in [0.5, 0.6) is 5.75 Å². The van der Waals surface area contributed by atoms with Crippen molar-refractivity contribution in [2.24, 2.45) is 10.9 Å². The summed E-state index contributed by atoms with van der Waals surface area (Å²) in [6.07, 6.45) is 1.12. The summed E-state index contributed by atoms with van der Waals surface area (Å²) >= 11 is 0. The lowest BCUT2D eigenvalue weighted by molar-refractivity contribution is 0.294. The number of hydrogen-bond acceptors (Lipinski definition) is 5. The summed E-state index contributed by atoms with van der Waals surface area (Å²) in [5.74, 6) is 0.660. The Bertz CT molecular complexity index is 475. The highest BCUT2D eigenvalue weighted by Gasteiger charge is 2.10. The van der Waals surface area contributed by atoms with Crippen molar-refractivity contribution in [3.63, 3.8) is 0 Å². The van der Waals surface area contributed by atoms with Crippen LogP contribution in [0.1, 0.15) is 17.5 Å². The predicted molar refractivity (Wildman–Crippen MR) is 85.0 cm³/mol. The molecule has 0 saturated heterocycles. The fourth-order valence-electron chi connectivity index (χ4n) is 2.16. The molecule has 1 aromatic rings. The van der Waals surface area contributed by atoms with Crippen LogP contribution in [0.25, 0.3) is 0 Å². The molecule has 0 atom stereocenters. The molecular formula is C15H26N4O2. The summed E-state index contributed by atoms with van der Waals surface area (Å²) < 4.78 is 5.23. The van der Waals surface area contributed by atoms with Gasteiger partial charge in [-0.25, -0.2) is 0 Å². The molecule has 1 aromatic carbocycles. The molecule has 0 amide bonds. The zero-order valence-corrected chi connectivity index (χ0v) is 13.3. The third kappa shape index (κ3) is 5.61. The van der Waals surface area contributed by atoms with Gasteiger partial charge in [-0.05, 0) is 58.3 Å². The normalized spacial score (nSPS) is 12.2. The van der Waals surface area contributed by atoms with Gasteiger partial charge in [0, 0.05) is 6.54 Å². The molecule has 0 unspecified atom stereocenters. The van der Waals surface area contributed by atoms with Crippen molar-refractivity contribution in [1.29, 1.82) is 0 Å². The Balaban J connectivity index is 2.71. The molecule has 0 aliphatic rings. The average Bonchev–Trinajstić information content (AvgIpc) is 2.45. The average molecular weight is 294 g/mol. The number of nitrogens with two attached hydrogens (primary N) is 1. The summed E-state index contributed by atoms with van der Waals surface area (Å²) in [5, 5.41) is 11.9. The van der Waals surface area contributed by atoms with Gasteiger partial charge < -0.3 is 25.5 Å². The van der Waals surface area contributed by atoms with E-state index in [2.05, 4.69) is 36.1 Å². The number of amidine groups is 1. The van der Waals surface area contributed by atoms with Crippen molar-refractivity contribution in [3.05, 3.63) is 29.3 Å². The van der Waals surface area contributed by atoms with Crippen LogP contribution >= 0.6 is 0 Å². The molecule has 6 nitrogen and oxygen atoms in total. The molecule has 0 saturated carbocycles. The lowest BCUT2D eigenvalue weighted by Crippen LogP contribution is -2.23. The molecule has 0 aromatic heterocycles. The van der Waals surface area contributed by atoms with Crippen LogP contribution in [0.4, 0.5) is 0 Å². The van der Waals surface area contributed by atoms with E-state index in [1.165, 1.54) is 0 Å². The summed E-state index contributed by atoms with van der Waals surface area (Å²) in [4.78, 5) is 4.43. The molecule has 0 spiro atoms. The maximum atomic E-state index is 8.84. The SMILES string of the molecule is COc1ccc(CN(C)CCCN(C)C)cc1C(N)=NO. The largest absolute Gasteiger partial charge is 0.496 e. The van der Waals surface area contributed by atoms with Gasteiger partial charge in [-0.15, -0.1) is 0 Å². The topological polar surface area (TPSA) is 74.3 Å². The minimum absolute atomic E-state index is 0.0592. The number of oxime groups is 1. The number of hydrogen-bond donors (Lipinski definition) is 2. The van der Waals surface area contributed by atoms with Gasteiger partial charge in [0.25, 0.3) is 0 Å². The first-order valence-electron chi connectivity index (χ1n) is 6.96. The number of benzene rings is 1. The van der Waals surface area contributed by atoms with E-state index < -0.39 is 0 Å². The van der Waals surface area contributed by atoms with Crippen LogP contribution in [0.15, 0.2) is 23.4 Å². The van der Waals surface area contributed by atoms with Crippen LogP contribution in [0.3, 0.4) is 0 Å². The third-order valence-electron chi connectivity index (χ3n) is 3.25. The van der Waals surface area contributed by atoms with E-state index in [1.54, 1.807) is 7.11 Å². The fourth-order valence-corrected chi connectivity index (χ4v) is 2.16. The highest BCUT2D eigenvalue weighted by molar-refractivity contribution is 5.99. The van der Waals surface area contributed by atoms with Crippen LogP contribution < -0.4 is 10.5 Å². The molecule has 21 heavy (non-hydrogen) atoms. The third-order valence-corrected chi connectivity index (χ3v) is 3.25. The molecule has 3 N–H and O–H groups in total. The summed E-state index contributed by atoms with van der Waals surface area (Å²) in [6, 6.07) is 5.74. The van der Waals surface area contributed by atoms with Gasteiger partial charge in [0.05, 0.1) is 12.7 Å². The first-order chi connectivity index (χ1) is 9.97. The first-order valence-corrected chi connectivity index (χ1v) is 6.96. The predicted octanol–water partition coefficient (Wildman–Crippen LogP) is 1.17. The van der Waals surface area contributed by atoms with E-state index in [0.29, 0.717) is 11.3 Å². The molecule has 0 heterocycles. The van der Waals surface area contributed by atoms with E-state index in [4.69, 9.17) is 15.7 Å². The van der Waals surface area contributed by atoms with Crippen LogP contribution in [-0.2, 0) is 6.54 Å². The quantitative estimate of drug-likeness (QED) is 0.326. The first kappa shape index (κ1) is 17.3. The number of methoxy groups -OCH3 is 1. The van der Waals surface area contributed by atoms with E-state index >= 15 is 0 Å². The molecule has 0 bridgehead atoms. The monoisotopic (exact) mass is 294 g/mol. The van der Waals surface area contributed by atoms with Gasteiger partial charge in [0.1, 0.15) is 5.75 Å². The standard InChI is InChI=1S/C15H26N4O2/c1-18(2)8-5-9-19(3)11-12-6-7-14(21-4)13(10-12)15(16)17-20/h6-7,10,20H,5,8-9,11H2,1-4H3,(H2,16,17). The van der Waals surface area contributed by atoms with Crippen molar-refractivity contribution < 1.29 is 9.94 Å². The Morgan fingerprint density at radius 2 is 2.00 bits per heavy atom. The van der Waals surface area contributed by atoms with Gasteiger partial charge in [0.15, 0.2) is 5.84 Å². The Kier molecular flexibility index (Phi) is 6.98. The molecule has 118 valence electrons. The zero-order valence-electron chi connectivity index (χ0n) is 13.3.